The third-order valence-electron chi connectivity index (χ3n) is 3.87. The van der Waals surface area contributed by atoms with Crippen molar-refractivity contribution in [3.63, 3.8) is 0 Å². The summed E-state index contributed by atoms with van der Waals surface area (Å²) < 4.78 is 21.7. The number of carbonyl (C=O) groups is 1. The molecule has 146 valence electrons. The molecule has 28 heavy (non-hydrogen) atoms. The topological polar surface area (TPSA) is 69.9 Å². The molecular weight excluding hydrogens is 358 g/mol. The normalized spacial score (nSPS) is 10.6. The highest BCUT2D eigenvalue weighted by Gasteiger charge is 2.11. The fourth-order valence-electron chi connectivity index (χ4n) is 2.58. The van der Waals surface area contributed by atoms with Crippen LogP contribution in [0.25, 0.3) is 0 Å². The van der Waals surface area contributed by atoms with E-state index in [4.69, 9.17) is 18.6 Å². The smallest absolute Gasteiger partial charge is 0.291 e. The molecule has 6 heteroatoms. The van der Waals surface area contributed by atoms with Crippen LogP contribution in [0.3, 0.4) is 0 Å². The summed E-state index contributed by atoms with van der Waals surface area (Å²) in [6, 6.07) is 20.5. The zero-order valence-corrected chi connectivity index (χ0v) is 15.7. The SMILES string of the molecule is COCc1ccc(C(=O)Nc2cccc(COCCOc3ccccc3)c2)o1. The van der Waals surface area contributed by atoms with Crippen LogP contribution in [-0.4, -0.2) is 26.2 Å². The van der Waals surface area contributed by atoms with Crippen molar-refractivity contribution < 1.29 is 23.4 Å². The van der Waals surface area contributed by atoms with Crippen LogP contribution >= 0.6 is 0 Å². The van der Waals surface area contributed by atoms with Gasteiger partial charge in [0.15, 0.2) is 5.76 Å². The monoisotopic (exact) mass is 381 g/mol. The van der Waals surface area contributed by atoms with Crippen molar-refractivity contribution >= 4 is 11.6 Å². The maximum atomic E-state index is 12.3. The van der Waals surface area contributed by atoms with Gasteiger partial charge in [0, 0.05) is 12.8 Å². The van der Waals surface area contributed by atoms with E-state index < -0.39 is 0 Å². The molecule has 1 heterocycles. The number of benzene rings is 2. The first-order valence-corrected chi connectivity index (χ1v) is 8.98. The molecule has 0 radical (unpaired) electrons. The van der Waals surface area contributed by atoms with Crippen molar-refractivity contribution in [2.45, 2.75) is 13.2 Å². The molecule has 0 aliphatic carbocycles. The van der Waals surface area contributed by atoms with Crippen molar-refractivity contribution in [3.8, 4) is 5.75 Å². The summed E-state index contributed by atoms with van der Waals surface area (Å²) in [6.07, 6.45) is 0. The third kappa shape index (κ3) is 5.97. The molecule has 1 aromatic heterocycles. The maximum absolute atomic E-state index is 12.3. The molecule has 0 saturated heterocycles. The molecule has 0 aliphatic rings. The van der Waals surface area contributed by atoms with Crippen LogP contribution in [0.1, 0.15) is 21.9 Å². The summed E-state index contributed by atoms with van der Waals surface area (Å²) in [4.78, 5) is 12.3. The van der Waals surface area contributed by atoms with Gasteiger partial charge in [-0.05, 0) is 42.0 Å². The molecule has 0 fully saturated rings. The number of amides is 1. The molecule has 0 spiro atoms. The summed E-state index contributed by atoms with van der Waals surface area (Å²) in [5.41, 5.74) is 1.63. The Morgan fingerprint density at radius 3 is 2.64 bits per heavy atom. The highest BCUT2D eigenvalue weighted by molar-refractivity contribution is 6.02. The van der Waals surface area contributed by atoms with Crippen molar-refractivity contribution in [1.82, 2.24) is 0 Å². The zero-order chi connectivity index (χ0) is 19.6. The van der Waals surface area contributed by atoms with Gasteiger partial charge in [0.2, 0.25) is 0 Å². The van der Waals surface area contributed by atoms with Gasteiger partial charge in [0.1, 0.15) is 24.7 Å². The van der Waals surface area contributed by atoms with E-state index >= 15 is 0 Å². The fourth-order valence-corrected chi connectivity index (χ4v) is 2.58. The summed E-state index contributed by atoms with van der Waals surface area (Å²) >= 11 is 0. The van der Waals surface area contributed by atoms with Crippen LogP contribution in [0.15, 0.2) is 71.1 Å². The molecule has 0 bridgehead atoms. The maximum Gasteiger partial charge on any atom is 0.291 e. The number of rotatable bonds is 10. The van der Waals surface area contributed by atoms with Gasteiger partial charge in [-0.2, -0.15) is 0 Å². The van der Waals surface area contributed by atoms with Crippen LogP contribution in [0.4, 0.5) is 5.69 Å². The lowest BCUT2D eigenvalue weighted by Crippen LogP contribution is -2.11. The predicted molar refractivity (Wildman–Crippen MR) is 105 cm³/mol. The van der Waals surface area contributed by atoms with Crippen LogP contribution in [0.2, 0.25) is 0 Å². The molecule has 1 amide bonds. The van der Waals surface area contributed by atoms with E-state index in [1.165, 1.54) is 0 Å². The highest BCUT2D eigenvalue weighted by atomic mass is 16.5. The number of methoxy groups -OCH3 is 1. The first-order valence-electron chi connectivity index (χ1n) is 8.98. The standard InChI is InChI=1S/C22H23NO5/c1-25-16-20-10-11-21(28-20)22(24)23-18-7-5-6-17(14-18)15-26-12-13-27-19-8-3-2-4-9-19/h2-11,14H,12-13,15-16H2,1H3,(H,23,24). The fraction of sp³-hybridized carbons (Fsp3) is 0.227. The lowest BCUT2D eigenvalue weighted by atomic mass is 10.2. The minimum atomic E-state index is -0.309. The molecular formula is C22H23NO5. The van der Waals surface area contributed by atoms with Gasteiger partial charge in [-0.1, -0.05) is 30.3 Å². The van der Waals surface area contributed by atoms with Crippen molar-refractivity contribution in [2.24, 2.45) is 0 Å². The molecule has 6 nitrogen and oxygen atoms in total. The summed E-state index contributed by atoms with van der Waals surface area (Å²) in [5, 5.41) is 2.82. The number of furan rings is 1. The van der Waals surface area contributed by atoms with E-state index in [9.17, 15) is 4.79 Å². The molecule has 3 aromatic rings. The molecule has 1 N–H and O–H groups in total. The minimum Gasteiger partial charge on any atom is -0.491 e. The lowest BCUT2D eigenvalue weighted by molar-refractivity contribution is 0.0889. The third-order valence-corrected chi connectivity index (χ3v) is 3.87. The Morgan fingerprint density at radius 1 is 0.964 bits per heavy atom. The number of anilines is 1. The van der Waals surface area contributed by atoms with Crippen LogP contribution < -0.4 is 10.1 Å². The largest absolute Gasteiger partial charge is 0.491 e. The van der Waals surface area contributed by atoms with Crippen LogP contribution in [0.5, 0.6) is 5.75 Å². The number of hydrogen-bond donors (Lipinski definition) is 1. The van der Waals surface area contributed by atoms with Crippen molar-refractivity contribution in [3.05, 3.63) is 83.8 Å². The highest BCUT2D eigenvalue weighted by Crippen LogP contribution is 2.15. The Balaban J connectivity index is 1.44. The average molecular weight is 381 g/mol. The molecule has 0 saturated carbocycles. The first kappa shape index (κ1) is 19.7. The van der Waals surface area contributed by atoms with Crippen molar-refractivity contribution in [1.29, 1.82) is 0 Å². The van der Waals surface area contributed by atoms with E-state index in [-0.39, 0.29) is 11.7 Å². The Bertz CT molecular complexity index is 875. The van der Waals surface area contributed by atoms with Gasteiger partial charge in [-0.15, -0.1) is 0 Å². The molecule has 3 rings (SSSR count). The van der Waals surface area contributed by atoms with Crippen LogP contribution in [0, 0.1) is 0 Å². The van der Waals surface area contributed by atoms with Gasteiger partial charge in [-0.25, -0.2) is 0 Å². The van der Waals surface area contributed by atoms with Gasteiger partial charge >= 0.3 is 0 Å². The minimum absolute atomic E-state index is 0.242. The summed E-state index contributed by atoms with van der Waals surface area (Å²) in [6.45, 7) is 1.71. The Kier molecular flexibility index (Phi) is 7.23. The lowest BCUT2D eigenvalue weighted by Gasteiger charge is -2.09. The van der Waals surface area contributed by atoms with Gasteiger partial charge < -0.3 is 23.9 Å². The quantitative estimate of drug-likeness (QED) is 0.531. The predicted octanol–water partition coefficient (Wildman–Crippen LogP) is 4.27. The van der Waals surface area contributed by atoms with Gasteiger partial charge in [0.25, 0.3) is 5.91 Å². The second-order valence-corrected chi connectivity index (χ2v) is 6.07. The van der Waals surface area contributed by atoms with E-state index in [1.54, 1.807) is 19.2 Å². The van der Waals surface area contributed by atoms with E-state index in [1.807, 2.05) is 54.6 Å². The number of hydrogen-bond acceptors (Lipinski definition) is 5. The van der Waals surface area contributed by atoms with E-state index in [0.717, 1.165) is 11.3 Å². The first-order chi connectivity index (χ1) is 13.7. The Morgan fingerprint density at radius 2 is 1.82 bits per heavy atom. The van der Waals surface area contributed by atoms with Gasteiger partial charge in [-0.3, -0.25) is 4.79 Å². The number of nitrogens with one attached hydrogen (secondary N) is 1. The van der Waals surface area contributed by atoms with Gasteiger partial charge in [0.05, 0.1) is 13.2 Å². The number of ether oxygens (including phenoxy) is 3. The molecule has 0 atom stereocenters. The molecule has 0 unspecified atom stereocenters. The van der Waals surface area contributed by atoms with Crippen LogP contribution in [-0.2, 0) is 22.7 Å². The second kappa shape index (κ2) is 10.3. The molecule has 2 aromatic carbocycles. The number of carbonyl (C=O) groups excluding carboxylic acids is 1. The Hall–Kier alpha value is -3.09. The van der Waals surface area contributed by atoms with E-state index in [0.29, 0.717) is 37.9 Å². The molecule has 0 aliphatic heterocycles. The Labute approximate surface area is 164 Å². The zero-order valence-electron chi connectivity index (χ0n) is 15.7. The average Bonchev–Trinajstić information content (AvgIpc) is 3.18. The van der Waals surface area contributed by atoms with Crippen molar-refractivity contribution in [2.75, 3.05) is 25.6 Å². The number of para-hydroxylation sites is 1. The summed E-state index contributed by atoms with van der Waals surface area (Å²) in [5.74, 6) is 1.36. The van der Waals surface area contributed by atoms with E-state index in [2.05, 4.69) is 5.32 Å². The second-order valence-electron chi connectivity index (χ2n) is 6.07. The summed E-state index contributed by atoms with van der Waals surface area (Å²) in [7, 11) is 1.57.